The van der Waals surface area contributed by atoms with E-state index in [1.807, 2.05) is 24.3 Å². The predicted molar refractivity (Wildman–Crippen MR) is 144 cm³/mol. The molecule has 4 unspecified atom stereocenters. The molecular weight excluding hydrogens is 510 g/mol. The fourth-order valence-corrected chi connectivity index (χ4v) is 4.22. The van der Waals surface area contributed by atoms with E-state index in [4.69, 9.17) is 5.73 Å². The second kappa shape index (κ2) is 13.1. The number of hydrogen-bond donors (Lipinski definition) is 8. The first-order chi connectivity index (χ1) is 18.1. The van der Waals surface area contributed by atoms with Crippen molar-refractivity contribution in [1.29, 1.82) is 0 Å². The molecule has 3 amide bonds. The molecule has 38 heavy (non-hydrogen) atoms. The molecule has 3 aromatic rings. The van der Waals surface area contributed by atoms with Crippen LogP contribution < -0.4 is 21.7 Å². The van der Waals surface area contributed by atoms with Crippen LogP contribution in [0.15, 0.2) is 43.0 Å². The highest BCUT2D eigenvalue weighted by Gasteiger charge is 2.32. The van der Waals surface area contributed by atoms with Gasteiger partial charge >= 0.3 is 5.97 Å². The Morgan fingerprint density at radius 2 is 1.71 bits per heavy atom. The van der Waals surface area contributed by atoms with Crippen molar-refractivity contribution in [3.05, 3.63) is 54.2 Å². The number of fused-ring (bicyclic) bond motifs is 1. The highest BCUT2D eigenvalue weighted by atomic mass is 32.1. The minimum absolute atomic E-state index is 0.0819. The smallest absolute Gasteiger partial charge is 0.327 e. The number of thiol groups is 1. The van der Waals surface area contributed by atoms with Gasteiger partial charge in [-0.2, -0.15) is 12.6 Å². The van der Waals surface area contributed by atoms with Crippen molar-refractivity contribution in [3.63, 3.8) is 0 Å². The van der Waals surface area contributed by atoms with E-state index < -0.39 is 47.9 Å². The molecule has 3 rings (SSSR count). The summed E-state index contributed by atoms with van der Waals surface area (Å²) in [6.45, 7) is 3.50. The van der Waals surface area contributed by atoms with Crippen LogP contribution in [0.2, 0.25) is 0 Å². The van der Waals surface area contributed by atoms with Crippen molar-refractivity contribution in [2.45, 2.75) is 50.9 Å². The van der Waals surface area contributed by atoms with Gasteiger partial charge in [0, 0.05) is 47.6 Å². The number of carbonyl (C=O) groups is 4. The van der Waals surface area contributed by atoms with Gasteiger partial charge in [-0.1, -0.05) is 32.0 Å². The lowest BCUT2D eigenvalue weighted by Gasteiger charge is -2.27. The number of H-pyrrole nitrogens is 2. The monoisotopic (exact) mass is 543 g/mol. The molecule has 0 bridgehead atoms. The lowest BCUT2D eigenvalue weighted by Crippen LogP contribution is -2.59. The van der Waals surface area contributed by atoms with Gasteiger partial charge in [0.2, 0.25) is 17.7 Å². The Morgan fingerprint density at radius 1 is 1.00 bits per heavy atom. The third-order valence-corrected chi connectivity index (χ3v) is 6.47. The number of carbonyl (C=O) groups excluding carboxylic acids is 3. The number of nitrogens with zero attached hydrogens (tertiary/aromatic N) is 1. The quantitative estimate of drug-likeness (QED) is 0.140. The zero-order valence-corrected chi connectivity index (χ0v) is 22.0. The number of rotatable bonds is 13. The van der Waals surface area contributed by atoms with Crippen molar-refractivity contribution in [2.24, 2.45) is 11.7 Å². The molecule has 0 saturated heterocycles. The van der Waals surface area contributed by atoms with Crippen LogP contribution in [-0.4, -0.2) is 73.7 Å². The number of carboxylic acids is 1. The topological polar surface area (TPSA) is 195 Å². The van der Waals surface area contributed by atoms with Gasteiger partial charge in [0.15, 0.2) is 0 Å². The Balaban J connectivity index is 1.78. The molecule has 13 heteroatoms. The summed E-state index contributed by atoms with van der Waals surface area (Å²) < 4.78 is 0. The number of hydrogen-bond acceptors (Lipinski definition) is 7. The Morgan fingerprint density at radius 3 is 2.34 bits per heavy atom. The number of amides is 3. The third kappa shape index (κ3) is 7.35. The van der Waals surface area contributed by atoms with E-state index in [1.165, 1.54) is 6.33 Å². The number of nitrogens with one attached hydrogen (secondary N) is 5. The second-order valence-corrected chi connectivity index (χ2v) is 9.69. The summed E-state index contributed by atoms with van der Waals surface area (Å²) >= 11 is 4.00. The Bertz CT molecular complexity index is 1260. The molecule has 0 aliphatic heterocycles. The molecule has 12 nitrogen and oxygen atoms in total. The fraction of sp³-hybridized carbons (Fsp3) is 0.400. The SMILES string of the molecule is CC(C)C(NC(=O)C(N)Cc1cnc[nH]1)C(=O)NC(Cc1c[nH]c2ccccc12)C(=O)NC(CS)C(=O)O. The Kier molecular flexibility index (Phi) is 9.91. The summed E-state index contributed by atoms with van der Waals surface area (Å²) in [7, 11) is 0. The van der Waals surface area contributed by atoms with Crippen molar-refractivity contribution in [2.75, 3.05) is 5.75 Å². The van der Waals surface area contributed by atoms with Gasteiger partial charge in [-0.15, -0.1) is 0 Å². The molecule has 0 spiro atoms. The summed E-state index contributed by atoms with van der Waals surface area (Å²) in [5, 5.41) is 18.0. The van der Waals surface area contributed by atoms with Gasteiger partial charge in [-0.25, -0.2) is 9.78 Å². The van der Waals surface area contributed by atoms with Gasteiger partial charge in [0.1, 0.15) is 18.1 Å². The highest BCUT2D eigenvalue weighted by Crippen LogP contribution is 2.19. The number of imidazole rings is 1. The Hall–Kier alpha value is -3.84. The summed E-state index contributed by atoms with van der Waals surface area (Å²) in [5.74, 6) is -3.53. The van der Waals surface area contributed by atoms with E-state index in [0.717, 1.165) is 16.5 Å². The summed E-state index contributed by atoms with van der Waals surface area (Å²) in [6.07, 6.45) is 5.05. The van der Waals surface area contributed by atoms with Crippen LogP contribution in [0, 0.1) is 5.92 Å². The van der Waals surface area contributed by atoms with Crippen LogP contribution in [0.25, 0.3) is 10.9 Å². The normalized spacial score (nSPS) is 14.4. The third-order valence-electron chi connectivity index (χ3n) is 6.11. The molecule has 1 aromatic carbocycles. The first-order valence-electron chi connectivity index (χ1n) is 12.1. The van der Waals surface area contributed by atoms with Crippen LogP contribution in [0.3, 0.4) is 0 Å². The number of aromatic amines is 2. The van der Waals surface area contributed by atoms with Crippen LogP contribution in [-0.2, 0) is 32.0 Å². The van der Waals surface area contributed by atoms with Crippen LogP contribution in [0.4, 0.5) is 0 Å². The largest absolute Gasteiger partial charge is 0.480 e. The maximum absolute atomic E-state index is 13.4. The minimum atomic E-state index is -1.25. The number of aliphatic carboxylic acids is 1. The average molecular weight is 544 g/mol. The van der Waals surface area contributed by atoms with Crippen molar-refractivity contribution < 1.29 is 24.3 Å². The van der Waals surface area contributed by atoms with E-state index in [1.54, 1.807) is 26.2 Å². The van der Waals surface area contributed by atoms with Crippen molar-refractivity contribution >= 4 is 47.2 Å². The highest BCUT2D eigenvalue weighted by molar-refractivity contribution is 7.80. The lowest BCUT2D eigenvalue weighted by molar-refractivity contribution is -0.141. The number of para-hydroxylation sites is 1. The molecule has 0 aliphatic carbocycles. The molecule has 8 N–H and O–H groups in total. The van der Waals surface area contributed by atoms with Gasteiger partial charge in [-0.05, 0) is 17.5 Å². The number of nitrogens with two attached hydrogens (primary N) is 1. The van der Waals surface area contributed by atoms with Crippen LogP contribution in [0.5, 0.6) is 0 Å². The lowest BCUT2D eigenvalue weighted by atomic mass is 10.00. The number of aromatic nitrogens is 3. The van der Waals surface area contributed by atoms with Crippen LogP contribution in [0.1, 0.15) is 25.1 Å². The maximum Gasteiger partial charge on any atom is 0.327 e. The van der Waals surface area contributed by atoms with Gasteiger partial charge < -0.3 is 36.8 Å². The molecule has 0 aliphatic rings. The molecule has 0 fully saturated rings. The summed E-state index contributed by atoms with van der Waals surface area (Å²) in [5.41, 5.74) is 8.31. The van der Waals surface area contributed by atoms with E-state index in [9.17, 15) is 24.3 Å². The van der Waals surface area contributed by atoms with Crippen molar-refractivity contribution in [3.8, 4) is 0 Å². The predicted octanol–water partition coefficient (Wildman–Crippen LogP) is 0.128. The molecule has 4 atom stereocenters. The summed E-state index contributed by atoms with van der Waals surface area (Å²) in [4.78, 5) is 60.7. The van der Waals surface area contributed by atoms with E-state index in [0.29, 0.717) is 5.69 Å². The maximum atomic E-state index is 13.4. The number of benzene rings is 1. The van der Waals surface area contributed by atoms with Gasteiger partial charge in [0.05, 0.1) is 12.4 Å². The summed E-state index contributed by atoms with van der Waals surface area (Å²) in [6, 6.07) is 3.19. The van der Waals surface area contributed by atoms with E-state index >= 15 is 0 Å². The van der Waals surface area contributed by atoms with Gasteiger partial charge in [-0.3, -0.25) is 14.4 Å². The van der Waals surface area contributed by atoms with Crippen molar-refractivity contribution in [1.82, 2.24) is 30.9 Å². The molecule has 2 heterocycles. The fourth-order valence-electron chi connectivity index (χ4n) is 3.97. The number of carboxylic acid groups (broad SMARTS) is 1. The minimum Gasteiger partial charge on any atom is -0.480 e. The van der Waals surface area contributed by atoms with Crippen LogP contribution >= 0.6 is 12.6 Å². The first kappa shape index (κ1) is 28.7. The van der Waals surface area contributed by atoms with E-state index in [-0.39, 0.29) is 24.5 Å². The zero-order valence-electron chi connectivity index (χ0n) is 21.1. The average Bonchev–Trinajstić information content (AvgIpc) is 3.54. The first-order valence-corrected chi connectivity index (χ1v) is 12.8. The second-order valence-electron chi connectivity index (χ2n) is 9.32. The molecule has 0 radical (unpaired) electrons. The van der Waals surface area contributed by atoms with E-state index in [2.05, 4.69) is 43.5 Å². The molecular formula is C25H33N7O5S. The molecule has 0 saturated carbocycles. The Labute approximate surface area is 225 Å². The standard InChI is InChI=1S/C25H33N7O5S/c1-13(2)21(32-22(33)17(26)8-15-10-27-12-29-15)24(35)30-19(23(34)31-20(11-38)25(36)37)7-14-9-28-18-6-4-3-5-16(14)18/h3-6,9-10,12-13,17,19-21,28,38H,7-8,11,26H2,1-2H3,(H,27,29)(H,30,35)(H,31,34)(H,32,33)(H,36,37). The zero-order chi connectivity index (χ0) is 27.8. The molecule has 204 valence electrons. The van der Waals surface area contributed by atoms with Gasteiger partial charge in [0.25, 0.3) is 0 Å². The molecule has 2 aromatic heterocycles.